The molecule has 0 aromatic heterocycles. The van der Waals surface area contributed by atoms with Crippen molar-refractivity contribution < 1.29 is 9.53 Å². The molecule has 5 heteroatoms. The largest absolute Gasteiger partial charge is 0.373 e. The minimum atomic E-state index is -0.0263. The first kappa shape index (κ1) is 14.8. The zero-order chi connectivity index (χ0) is 13.9. The Bertz CT molecular complexity index is 314. The summed E-state index contributed by atoms with van der Waals surface area (Å²) < 4.78 is 5.81. The Labute approximate surface area is 116 Å². The lowest BCUT2D eigenvalue weighted by atomic mass is 10.1. The van der Waals surface area contributed by atoms with Crippen molar-refractivity contribution in [2.24, 2.45) is 0 Å². The molecule has 110 valence electrons. The molecule has 0 aromatic rings. The van der Waals surface area contributed by atoms with Crippen molar-refractivity contribution in [2.45, 2.75) is 51.3 Å². The molecule has 5 nitrogen and oxygen atoms in total. The third-order valence-electron chi connectivity index (χ3n) is 3.77. The second-order valence-corrected chi connectivity index (χ2v) is 6.65. The van der Waals surface area contributed by atoms with E-state index in [4.69, 9.17) is 4.74 Å². The van der Waals surface area contributed by atoms with Crippen LogP contribution in [0.25, 0.3) is 0 Å². The molecule has 2 unspecified atom stereocenters. The number of hydrogen-bond acceptors (Lipinski definition) is 4. The van der Waals surface area contributed by atoms with Gasteiger partial charge in [-0.05, 0) is 40.2 Å². The molecule has 0 spiro atoms. The summed E-state index contributed by atoms with van der Waals surface area (Å²) >= 11 is 0. The van der Waals surface area contributed by atoms with E-state index in [1.165, 1.54) is 19.4 Å². The van der Waals surface area contributed by atoms with Gasteiger partial charge in [0, 0.05) is 24.7 Å². The Morgan fingerprint density at radius 3 is 2.95 bits per heavy atom. The van der Waals surface area contributed by atoms with E-state index in [9.17, 15) is 4.79 Å². The lowest BCUT2D eigenvalue weighted by molar-refractivity contribution is -0.122. The van der Waals surface area contributed by atoms with Crippen molar-refractivity contribution in [2.75, 3.05) is 32.8 Å². The van der Waals surface area contributed by atoms with Crippen molar-refractivity contribution in [3.63, 3.8) is 0 Å². The summed E-state index contributed by atoms with van der Waals surface area (Å²) in [7, 11) is 0. The molecule has 0 saturated carbocycles. The molecule has 2 rings (SSSR count). The number of ether oxygens (including phenoxy) is 1. The van der Waals surface area contributed by atoms with Gasteiger partial charge in [-0.1, -0.05) is 0 Å². The molecule has 2 saturated heterocycles. The first-order chi connectivity index (χ1) is 8.94. The predicted molar refractivity (Wildman–Crippen MR) is 75.1 cm³/mol. The smallest absolute Gasteiger partial charge is 0.234 e. The predicted octanol–water partition coefficient (Wildman–Crippen LogP) is 0.354. The van der Waals surface area contributed by atoms with Crippen LogP contribution in [0, 0.1) is 0 Å². The van der Waals surface area contributed by atoms with Gasteiger partial charge >= 0.3 is 0 Å². The van der Waals surface area contributed by atoms with Gasteiger partial charge in [-0.15, -0.1) is 0 Å². The number of carbonyl (C=O) groups is 1. The summed E-state index contributed by atoms with van der Waals surface area (Å²) in [6.45, 7) is 10.1. The number of hydrogen-bond donors (Lipinski definition) is 2. The number of fused-ring (bicyclic) bond motifs is 1. The van der Waals surface area contributed by atoms with Gasteiger partial charge in [0.25, 0.3) is 0 Å². The van der Waals surface area contributed by atoms with Crippen LogP contribution in [0.15, 0.2) is 0 Å². The van der Waals surface area contributed by atoms with Crippen LogP contribution in [-0.4, -0.2) is 61.3 Å². The highest BCUT2D eigenvalue weighted by Gasteiger charge is 2.32. The standard InChI is InChI=1S/C14H27N3O2/c1-14(2,3)16-8-13(18)15-7-12-9-17-6-4-5-11(17)10-19-12/h11-12,16H,4-10H2,1-3H3,(H,15,18). The number of nitrogens with one attached hydrogen (secondary N) is 2. The highest BCUT2D eigenvalue weighted by Crippen LogP contribution is 2.22. The molecule has 0 radical (unpaired) electrons. The van der Waals surface area contributed by atoms with Crippen molar-refractivity contribution in [1.29, 1.82) is 0 Å². The van der Waals surface area contributed by atoms with Crippen LogP contribution >= 0.6 is 0 Å². The molecule has 2 aliphatic rings. The minimum Gasteiger partial charge on any atom is -0.373 e. The van der Waals surface area contributed by atoms with Crippen molar-refractivity contribution >= 4 is 5.91 Å². The molecule has 2 aliphatic heterocycles. The topological polar surface area (TPSA) is 53.6 Å². The van der Waals surface area contributed by atoms with E-state index < -0.39 is 0 Å². The lowest BCUT2D eigenvalue weighted by Gasteiger charge is -2.35. The average molecular weight is 269 g/mol. The summed E-state index contributed by atoms with van der Waals surface area (Å²) in [6, 6.07) is 0.620. The van der Waals surface area contributed by atoms with Gasteiger partial charge in [0.05, 0.1) is 19.3 Å². The highest BCUT2D eigenvalue weighted by atomic mass is 16.5. The van der Waals surface area contributed by atoms with E-state index in [2.05, 4.69) is 36.3 Å². The molecule has 1 amide bonds. The lowest BCUT2D eigenvalue weighted by Crippen LogP contribution is -2.51. The van der Waals surface area contributed by atoms with Crippen LogP contribution in [0.5, 0.6) is 0 Å². The van der Waals surface area contributed by atoms with Crippen LogP contribution in [-0.2, 0) is 9.53 Å². The van der Waals surface area contributed by atoms with Gasteiger partial charge in [-0.3, -0.25) is 9.69 Å². The second kappa shape index (κ2) is 6.20. The maximum atomic E-state index is 11.7. The molecule has 0 bridgehead atoms. The van der Waals surface area contributed by atoms with Crippen LogP contribution in [0.1, 0.15) is 33.6 Å². The van der Waals surface area contributed by atoms with Crippen LogP contribution in [0.4, 0.5) is 0 Å². The first-order valence-corrected chi connectivity index (χ1v) is 7.31. The molecule has 2 N–H and O–H groups in total. The Kier molecular flexibility index (Phi) is 4.81. The fourth-order valence-electron chi connectivity index (χ4n) is 2.64. The average Bonchev–Trinajstić information content (AvgIpc) is 2.80. The Morgan fingerprint density at radius 1 is 1.42 bits per heavy atom. The number of carbonyl (C=O) groups excluding carboxylic acids is 1. The van der Waals surface area contributed by atoms with E-state index in [-0.39, 0.29) is 17.6 Å². The van der Waals surface area contributed by atoms with Crippen molar-refractivity contribution in [3.8, 4) is 0 Å². The van der Waals surface area contributed by atoms with Gasteiger partial charge in [-0.2, -0.15) is 0 Å². The SMILES string of the molecule is CC(C)(C)NCC(=O)NCC1CN2CCCC2CO1. The molecule has 0 aliphatic carbocycles. The molecule has 2 heterocycles. The number of amides is 1. The minimum absolute atomic E-state index is 0.0263. The highest BCUT2D eigenvalue weighted by molar-refractivity contribution is 5.78. The first-order valence-electron chi connectivity index (χ1n) is 7.31. The van der Waals surface area contributed by atoms with E-state index >= 15 is 0 Å². The van der Waals surface area contributed by atoms with Crippen molar-refractivity contribution in [1.82, 2.24) is 15.5 Å². The summed E-state index contributed by atoms with van der Waals surface area (Å²) in [4.78, 5) is 14.2. The van der Waals surface area contributed by atoms with Gasteiger partial charge in [0.2, 0.25) is 5.91 Å². The van der Waals surface area contributed by atoms with Crippen LogP contribution in [0.3, 0.4) is 0 Å². The zero-order valence-electron chi connectivity index (χ0n) is 12.4. The fourth-order valence-corrected chi connectivity index (χ4v) is 2.64. The number of rotatable bonds is 4. The maximum Gasteiger partial charge on any atom is 0.234 e. The number of morpholine rings is 1. The quantitative estimate of drug-likeness (QED) is 0.773. The van der Waals surface area contributed by atoms with Crippen LogP contribution in [0.2, 0.25) is 0 Å². The summed E-state index contributed by atoms with van der Waals surface area (Å²) in [6.07, 6.45) is 2.69. The van der Waals surface area contributed by atoms with E-state index in [1.54, 1.807) is 0 Å². The normalized spacial score (nSPS) is 28.2. The van der Waals surface area contributed by atoms with Gasteiger partial charge in [-0.25, -0.2) is 0 Å². The van der Waals surface area contributed by atoms with Crippen molar-refractivity contribution in [3.05, 3.63) is 0 Å². The van der Waals surface area contributed by atoms with Gasteiger partial charge < -0.3 is 15.4 Å². The molecular formula is C14H27N3O2. The molecular weight excluding hydrogens is 242 g/mol. The van der Waals surface area contributed by atoms with Crippen LogP contribution < -0.4 is 10.6 Å². The second-order valence-electron chi connectivity index (χ2n) is 6.65. The fraction of sp³-hybridized carbons (Fsp3) is 0.929. The summed E-state index contributed by atoms with van der Waals surface area (Å²) in [5, 5.41) is 6.13. The van der Waals surface area contributed by atoms with E-state index in [0.29, 0.717) is 19.1 Å². The summed E-state index contributed by atoms with van der Waals surface area (Å²) in [5.74, 6) is 0.0436. The number of nitrogens with zero attached hydrogens (tertiary/aromatic N) is 1. The zero-order valence-corrected chi connectivity index (χ0v) is 12.4. The summed E-state index contributed by atoms with van der Waals surface area (Å²) in [5.41, 5.74) is -0.0263. The Morgan fingerprint density at radius 2 is 2.21 bits per heavy atom. The Hall–Kier alpha value is -0.650. The van der Waals surface area contributed by atoms with E-state index in [0.717, 1.165) is 13.2 Å². The maximum absolute atomic E-state index is 11.7. The molecule has 0 aromatic carbocycles. The molecule has 2 atom stereocenters. The molecule has 19 heavy (non-hydrogen) atoms. The Balaban J connectivity index is 1.64. The van der Waals surface area contributed by atoms with Gasteiger partial charge in [0.15, 0.2) is 0 Å². The van der Waals surface area contributed by atoms with Gasteiger partial charge in [0.1, 0.15) is 0 Å². The third kappa shape index (κ3) is 4.75. The monoisotopic (exact) mass is 269 g/mol. The van der Waals surface area contributed by atoms with E-state index in [1.807, 2.05) is 0 Å². The molecule has 2 fully saturated rings. The third-order valence-corrected chi connectivity index (χ3v) is 3.77.